The molecule has 2 N–H and O–H groups in total. The first-order valence-electron chi connectivity index (χ1n) is 6.71. The van der Waals surface area contributed by atoms with Gasteiger partial charge in [-0.05, 0) is 31.9 Å². The fourth-order valence-electron chi connectivity index (χ4n) is 3.10. The zero-order valence-corrected chi connectivity index (χ0v) is 12.7. The normalized spacial score (nSPS) is 17.4. The molecule has 1 aromatic heterocycles. The van der Waals surface area contributed by atoms with E-state index < -0.39 is 0 Å². The van der Waals surface area contributed by atoms with Gasteiger partial charge in [-0.3, -0.25) is 4.68 Å². The maximum absolute atomic E-state index is 5.91. The van der Waals surface area contributed by atoms with Crippen molar-refractivity contribution in [1.82, 2.24) is 9.78 Å². The summed E-state index contributed by atoms with van der Waals surface area (Å²) in [7, 11) is 1.94. The Morgan fingerprint density at radius 1 is 1.40 bits per heavy atom. The summed E-state index contributed by atoms with van der Waals surface area (Å²) < 4.78 is 1.88. The number of rotatable bonds is 2. The van der Waals surface area contributed by atoms with E-state index in [0.29, 0.717) is 11.0 Å². The number of nitrogens with zero attached hydrogens (tertiary/aromatic N) is 3. The van der Waals surface area contributed by atoms with Gasteiger partial charge in [0.2, 0.25) is 0 Å². The molecule has 104 valence electrons. The van der Waals surface area contributed by atoms with Crippen molar-refractivity contribution in [1.29, 1.82) is 0 Å². The summed E-state index contributed by atoms with van der Waals surface area (Å²) >= 11 is 5.22. The van der Waals surface area contributed by atoms with E-state index in [2.05, 4.69) is 41.2 Å². The third kappa shape index (κ3) is 1.81. The van der Waals surface area contributed by atoms with Crippen LogP contribution in [-0.2, 0) is 13.5 Å². The molecule has 1 aliphatic heterocycles. The maximum Gasteiger partial charge on any atom is 0.141 e. The standard InChI is InChI=1S/C15H18N4S/c1-9-8-11-6-4-5-7-12(11)19(9)15-13(14(16)20)10(2)17-18(15)3/h4-7,9H,8H2,1-3H3,(H2,16,20). The van der Waals surface area contributed by atoms with Crippen LogP contribution in [0.1, 0.15) is 23.7 Å². The molecule has 0 saturated heterocycles. The molecule has 1 aliphatic rings. The molecule has 0 spiro atoms. The summed E-state index contributed by atoms with van der Waals surface area (Å²) in [5, 5.41) is 4.49. The highest BCUT2D eigenvalue weighted by atomic mass is 32.1. The number of aryl methyl sites for hydroxylation is 2. The zero-order chi connectivity index (χ0) is 14.4. The van der Waals surface area contributed by atoms with Crippen LogP contribution in [0, 0.1) is 6.92 Å². The highest BCUT2D eigenvalue weighted by molar-refractivity contribution is 7.80. The quantitative estimate of drug-likeness (QED) is 0.861. The molecule has 0 radical (unpaired) electrons. The van der Waals surface area contributed by atoms with Gasteiger partial charge in [-0.25, -0.2) is 0 Å². The van der Waals surface area contributed by atoms with E-state index in [1.54, 1.807) is 0 Å². The first-order chi connectivity index (χ1) is 9.50. The Bertz CT molecular complexity index is 689. The number of hydrogen-bond donors (Lipinski definition) is 1. The minimum absolute atomic E-state index is 0.371. The molecule has 0 aliphatic carbocycles. The molecule has 2 aromatic rings. The Labute approximate surface area is 124 Å². The molecular weight excluding hydrogens is 268 g/mol. The second-order valence-electron chi connectivity index (χ2n) is 5.32. The van der Waals surface area contributed by atoms with E-state index in [-0.39, 0.29) is 0 Å². The second-order valence-corrected chi connectivity index (χ2v) is 5.76. The fraction of sp³-hybridized carbons (Fsp3) is 0.333. The topological polar surface area (TPSA) is 47.1 Å². The lowest BCUT2D eigenvalue weighted by Crippen LogP contribution is -2.28. The minimum Gasteiger partial charge on any atom is -0.389 e. The van der Waals surface area contributed by atoms with Crippen molar-refractivity contribution >= 4 is 28.7 Å². The van der Waals surface area contributed by atoms with E-state index in [9.17, 15) is 0 Å². The predicted octanol–water partition coefficient (Wildman–Crippen LogP) is 2.45. The number of benzene rings is 1. The van der Waals surface area contributed by atoms with E-state index in [0.717, 1.165) is 23.5 Å². The van der Waals surface area contributed by atoms with Gasteiger partial charge in [0.05, 0.1) is 11.3 Å². The first-order valence-corrected chi connectivity index (χ1v) is 7.12. The van der Waals surface area contributed by atoms with Crippen molar-refractivity contribution in [2.24, 2.45) is 12.8 Å². The van der Waals surface area contributed by atoms with Gasteiger partial charge in [-0.2, -0.15) is 5.10 Å². The Morgan fingerprint density at radius 2 is 2.10 bits per heavy atom. The van der Waals surface area contributed by atoms with Crippen molar-refractivity contribution in [3.05, 3.63) is 41.1 Å². The number of hydrogen-bond acceptors (Lipinski definition) is 3. The summed E-state index contributed by atoms with van der Waals surface area (Å²) in [6.07, 6.45) is 1.02. The summed E-state index contributed by atoms with van der Waals surface area (Å²) in [5.74, 6) is 0.993. The van der Waals surface area contributed by atoms with Crippen LogP contribution in [0.4, 0.5) is 11.5 Å². The number of thiocarbonyl (C=S) groups is 1. The third-order valence-electron chi connectivity index (χ3n) is 3.87. The zero-order valence-electron chi connectivity index (χ0n) is 11.9. The van der Waals surface area contributed by atoms with Crippen LogP contribution in [0.15, 0.2) is 24.3 Å². The van der Waals surface area contributed by atoms with Crippen LogP contribution in [0.5, 0.6) is 0 Å². The lowest BCUT2D eigenvalue weighted by Gasteiger charge is -2.26. The lowest BCUT2D eigenvalue weighted by atomic mass is 10.1. The van der Waals surface area contributed by atoms with Gasteiger partial charge in [-0.1, -0.05) is 30.4 Å². The van der Waals surface area contributed by atoms with Crippen LogP contribution in [-0.4, -0.2) is 20.8 Å². The van der Waals surface area contributed by atoms with Crippen molar-refractivity contribution in [2.45, 2.75) is 26.3 Å². The Morgan fingerprint density at radius 3 is 2.80 bits per heavy atom. The molecule has 5 heteroatoms. The highest BCUT2D eigenvalue weighted by Gasteiger charge is 2.32. The molecule has 3 rings (SSSR count). The van der Waals surface area contributed by atoms with E-state index in [1.807, 2.05) is 18.7 Å². The van der Waals surface area contributed by atoms with Gasteiger partial charge < -0.3 is 10.6 Å². The number of fused-ring (bicyclic) bond motifs is 1. The average molecular weight is 286 g/mol. The van der Waals surface area contributed by atoms with Crippen LogP contribution < -0.4 is 10.6 Å². The molecule has 2 heterocycles. The van der Waals surface area contributed by atoms with E-state index in [1.165, 1.54) is 11.3 Å². The molecule has 0 fully saturated rings. The fourth-order valence-corrected chi connectivity index (χ4v) is 3.34. The number of nitrogens with two attached hydrogens (primary N) is 1. The summed E-state index contributed by atoms with van der Waals surface area (Å²) in [5.41, 5.74) is 10.3. The Balaban J connectivity index is 2.22. The molecule has 0 bridgehead atoms. The third-order valence-corrected chi connectivity index (χ3v) is 4.08. The Hall–Kier alpha value is -1.88. The lowest BCUT2D eigenvalue weighted by molar-refractivity contribution is 0.694. The number of aromatic nitrogens is 2. The van der Waals surface area contributed by atoms with Gasteiger partial charge >= 0.3 is 0 Å². The molecule has 4 nitrogen and oxygen atoms in total. The van der Waals surface area contributed by atoms with Gasteiger partial charge in [-0.15, -0.1) is 0 Å². The summed E-state index contributed by atoms with van der Waals surface area (Å²) in [4.78, 5) is 2.70. The van der Waals surface area contributed by atoms with E-state index >= 15 is 0 Å². The van der Waals surface area contributed by atoms with Crippen LogP contribution in [0.2, 0.25) is 0 Å². The van der Waals surface area contributed by atoms with Gasteiger partial charge in [0, 0.05) is 18.8 Å². The average Bonchev–Trinajstić information content (AvgIpc) is 2.84. The van der Waals surface area contributed by atoms with Crippen molar-refractivity contribution in [3.63, 3.8) is 0 Å². The molecule has 0 saturated carbocycles. The molecular formula is C15H18N4S. The minimum atomic E-state index is 0.371. The first kappa shape index (κ1) is 13.1. The highest BCUT2D eigenvalue weighted by Crippen LogP contribution is 2.40. The molecule has 1 aromatic carbocycles. The van der Waals surface area contributed by atoms with Crippen LogP contribution >= 0.6 is 12.2 Å². The number of anilines is 2. The van der Waals surface area contributed by atoms with E-state index in [4.69, 9.17) is 18.0 Å². The number of para-hydroxylation sites is 1. The second kappa shape index (κ2) is 4.59. The molecule has 0 amide bonds. The Kier molecular flexibility index (Phi) is 3.01. The van der Waals surface area contributed by atoms with Crippen molar-refractivity contribution in [3.8, 4) is 0 Å². The van der Waals surface area contributed by atoms with Crippen molar-refractivity contribution in [2.75, 3.05) is 4.90 Å². The monoisotopic (exact) mass is 286 g/mol. The maximum atomic E-state index is 5.91. The predicted molar refractivity (Wildman–Crippen MR) is 85.6 cm³/mol. The van der Waals surface area contributed by atoms with Gasteiger partial charge in [0.1, 0.15) is 10.8 Å². The SMILES string of the molecule is Cc1nn(C)c(N2c3ccccc3CC2C)c1C(N)=S. The smallest absolute Gasteiger partial charge is 0.141 e. The van der Waals surface area contributed by atoms with Crippen LogP contribution in [0.3, 0.4) is 0 Å². The van der Waals surface area contributed by atoms with Crippen molar-refractivity contribution < 1.29 is 0 Å². The van der Waals surface area contributed by atoms with Gasteiger partial charge in [0.15, 0.2) is 0 Å². The largest absolute Gasteiger partial charge is 0.389 e. The molecule has 20 heavy (non-hydrogen) atoms. The molecule has 1 atom stereocenters. The summed E-state index contributed by atoms with van der Waals surface area (Å²) in [6.45, 7) is 4.16. The van der Waals surface area contributed by atoms with Crippen LogP contribution in [0.25, 0.3) is 0 Å². The van der Waals surface area contributed by atoms with Gasteiger partial charge in [0.25, 0.3) is 0 Å². The summed E-state index contributed by atoms with van der Waals surface area (Å²) in [6, 6.07) is 8.83. The molecule has 1 unspecified atom stereocenters.